The number of carbonyl (C=O) groups excluding carboxylic acids is 2. The Morgan fingerprint density at radius 3 is 2.63 bits per heavy atom. The summed E-state index contributed by atoms with van der Waals surface area (Å²) in [5.74, 6) is 0.282. The van der Waals surface area contributed by atoms with Gasteiger partial charge in [0, 0.05) is 31.5 Å². The predicted molar refractivity (Wildman–Crippen MR) is 76.1 cm³/mol. The molecule has 19 heavy (non-hydrogen) atoms. The van der Waals surface area contributed by atoms with E-state index >= 15 is 0 Å². The third-order valence-electron chi connectivity index (χ3n) is 3.29. The lowest BCUT2D eigenvalue weighted by atomic mass is 10.0. The SMILES string of the molecule is CC1CC(=O)CCN1C.CCOC(=O)CC(C)NC. The van der Waals surface area contributed by atoms with Crippen molar-refractivity contribution in [1.82, 2.24) is 10.2 Å². The Hall–Kier alpha value is -0.940. The zero-order valence-electron chi connectivity index (χ0n) is 12.9. The molecule has 112 valence electrons. The molecule has 1 aliphatic heterocycles. The number of nitrogens with zero attached hydrogens (tertiary/aromatic N) is 1. The average Bonchev–Trinajstić information content (AvgIpc) is 2.35. The molecule has 2 unspecified atom stereocenters. The van der Waals surface area contributed by atoms with E-state index in [1.54, 1.807) is 0 Å². The van der Waals surface area contributed by atoms with Crippen molar-refractivity contribution in [2.24, 2.45) is 0 Å². The summed E-state index contributed by atoms with van der Waals surface area (Å²) in [6.45, 7) is 7.26. The lowest BCUT2D eigenvalue weighted by molar-refractivity contribution is -0.143. The van der Waals surface area contributed by atoms with Crippen molar-refractivity contribution in [1.29, 1.82) is 0 Å². The minimum Gasteiger partial charge on any atom is -0.466 e. The fourth-order valence-electron chi connectivity index (χ4n) is 1.68. The van der Waals surface area contributed by atoms with E-state index in [0.717, 1.165) is 19.4 Å². The monoisotopic (exact) mass is 272 g/mol. The van der Waals surface area contributed by atoms with Gasteiger partial charge in [0.1, 0.15) is 5.78 Å². The quantitative estimate of drug-likeness (QED) is 0.780. The number of nitrogens with one attached hydrogen (secondary N) is 1. The van der Waals surface area contributed by atoms with E-state index in [9.17, 15) is 9.59 Å². The molecule has 1 heterocycles. The van der Waals surface area contributed by atoms with Crippen LogP contribution in [0.5, 0.6) is 0 Å². The van der Waals surface area contributed by atoms with E-state index in [1.165, 1.54) is 0 Å². The molecular formula is C14H28N2O3. The summed E-state index contributed by atoms with van der Waals surface area (Å²) >= 11 is 0. The summed E-state index contributed by atoms with van der Waals surface area (Å²) in [6.07, 6.45) is 1.95. The molecule has 0 bridgehead atoms. The van der Waals surface area contributed by atoms with Gasteiger partial charge in [0.2, 0.25) is 0 Å². The topological polar surface area (TPSA) is 58.6 Å². The maximum Gasteiger partial charge on any atom is 0.307 e. The van der Waals surface area contributed by atoms with Crippen LogP contribution in [0.3, 0.4) is 0 Å². The third-order valence-corrected chi connectivity index (χ3v) is 3.29. The maximum atomic E-state index is 10.8. The van der Waals surface area contributed by atoms with Crippen molar-refractivity contribution >= 4 is 11.8 Å². The van der Waals surface area contributed by atoms with E-state index in [-0.39, 0.29) is 12.0 Å². The molecule has 1 fully saturated rings. The number of rotatable bonds is 4. The number of likely N-dealkylation sites (tertiary alicyclic amines) is 1. The van der Waals surface area contributed by atoms with E-state index < -0.39 is 0 Å². The summed E-state index contributed by atoms with van der Waals surface area (Å²) < 4.78 is 4.74. The maximum absolute atomic E-state index is 10.8. The summed E-state index contributed by atoms with van der Waals surface area (Å²) in [5.41, 5.74) is 0. The number of ketones is 1. The van der Waals surface area contributed by atoms with Gasteiger partial charge in [0.05, 0.1) is 13.0 Å². The van der Waals surface area contributed by atoms with Gasteiger partial charge in [-0.05, 0) is 34.9 Å². The van der Waals surface area contributed by atoms with Crippen LogP contribution in [0.4, 0.5) is 0 Å². The van der Waals surface area contributed by atoms with Crippen LogP contribution in [0.25, 0.3) is 0 Å². The van der Waals surface area contributed by atoms with E-state index in [2.05, 4.69) is 24.2 Å². The minimum absolute atomic E-state index is 0.135. The highest BCUT2D eigenvalue weighted by molar-refractivity contribution is 5.79. The third kappa shape index (κ3) is 8.72. The molecule has 0 aromatic carbocycles. The standard InChI is InChI=1S/C7H15NO2.C7H13NO/c1-4-10-7(9)5-6(2)8-3;1-6-5-7(9)3-4-8(6)2/h6,8H,4-5H2,1-3H3;6H,3-5H2,1-2H3. The van der Waals surface area contributed by atoms with Crippen LogP contribution in [0, 0.1) is 0 Å². The molecule has 0 amide bonds. The van der Waals surface area contributed by atoms with Crippen LogP contribution in [0.15, 0.2) is 0 Å². The molecule has 1 saturated heterocycles. The fraction of sp³-hybridized carbons (Fsp3) is 0.857. The Balaban J connectivity index is 0.000000342. The van der Waals surface area contributed by atoms with Gasteiger partial charge in [0.15, 0.2) is 0 Å². The zero-order valence-corrected chi connectivity index (χ0v) is 12.9. The highest BCUT2D eigenvalue weighted by atomic mass is 16.5. The van der Waals surface area contributed by atoms with E-state index in [1.807, 2.05) is 20.9 Å². The Bertz CT molecular complexity index is 282. The Kier molecular flexibility index (Phi) is 9.43. The average molecular weight is 272 g/mol. The predicted octanol–water partition coefficient (Wildman–Crippen LogP) is 1.22. The molecule has 0 aliphatic carbocycles. The van der Waals surface area contributed by atoms with Gasteiger partial charge in [-0.15, -0.1) is 0 Å². The smallest absolute Gasteiger partial charge is 0.307 e. The second-order valence-electron chi connectivity index (χ2n) is 5.02. The number of ether oxygens (including phenoxy) is 1. The first-order chi connectivity index (χ1) is 8.90. The Morgan fingerprint density at radius 2 is 2.21 bits per heavy atom. The van der Waals surface area contributed by atoms with Gasteiger partial charge in [-0.3, -0.25) is 9.59 Å². The number of Topliss-reactive ketones (excluding diaryl/α,β-unsaturated/α-hetero) is 1. The molecule has 5 heteroatoms. The van der Waals surface area contributed by atoms with Gasteiger partial charge in [-0.25, -0.2) is 0 Å². The summed E-state index contributed by atoms with van der Waals surface area (Å²) in [4.78, 5) is 23.8. The van der Waals surface area contributed by atoms with Crippen molar-refractivity contribution in [3.63, 3.8) is 0 Å². The molecular weight excluding hydrogens is 244 g/mol. The van der Waals surface area contributed by atoms with Crippen LogP contribution in [-0.4, -0.2) is 56.0 Å². The first-order valence-corrected chi connectivity index (χ1v) is 6.95. The molecule has 0 aromatic rings. The number of hydrogen-bond acceptors (Lipinski definition) is 5. The number of hydrogen-bond donors (Lipinski definition) is 1. The van der Waals surface area contributed by atoms with Gasteiger partial charge < -0.3 is 15.0 Å². The molecule has 1 N–H and O–H groups in total. The van der Waals surface area contributed by atoms with Crippen molar-refractivity contribution in [2.75, 3.05) is 27.2 Å². The molecule has 1 aliphatic rings. The summed E-state index contributed by atoms with van der Waals surface area (Å²) in [5, 5.41) is 2.95. The first kappa shape index (κ1) is 18.1. The van der Waals surface area contributed by atoms with Gasteiger partial charge in [-0.2, -0.15) is 0 Å². The van der Waals surface area contributed by atoms with Crippen LogP contribution >= 0.6 is 0 Å². The minimum atomic E-state index is -0.135. The first-order valence-electron chi connectivity index (χ1n) is 6.95. The highest BCUT2D eigenvalue weighted by Gasteiger charge is 2.19. The molecule has 0 spiro atoms. The van der Waals surface area contributed by atoms with Crippen LogP contribution in [-0.2, 0) is 14.3 Å². The lowest BCUT2D eigenvalue weighted by Crippen LogP contribution is -2.37. The summed E-state index contributed by atoms with van der Waals surface area (Å²) in [7, 11) is 3.89. The van der Waals surface area contributed by atoms with Crippen molar-refractivity contribution in [2.45, 2.75) is 52.1 Å². The number of carbonyl (C=O) groups is 2. The number of esters is 1. The zero-order chi connectivity index (χ0) is 14.8. The molecule has 0 radical (unpaired) electrons. The second-order valence-corrected chi connectivity index (χ2v) is 5.02. The van der Waals surface area contributed by atoms with Gasteiger partial charge in [0.25, 0.3) is 0 Å². The Morgan fingerprint density at radius 1 is 1.58 bits per heavy atom. The van der Waals surface area contributed by atoms with E-state index in [4.69, 9.17) is 4.74 Å². The highest BCUT2D eigenvalue weighted by Crippen LogP contribution is 2.10. The van der Waals surface area contributed by atoms with Crippen molar-refractivity contribution in [3.8, 4) is 0 Å². The Labute approximate surface area is 116 Å². The second kappa shape index (κ2) is 9.92. The molecule has 1 rings (SSSR count). The van der Waals surface area contributed by atoms with E-state index in [0.29, 0.717) is 24.9 Å². The van der Waals surface area contributed by atoms with Gasteiger partial charge >= 0.3 is 5.97 Å². The fourth-order valence-corrected chi connectivity index (χ4v) is 1.68. The molecule has 5 nitrogen and oxygen atoms in total. The molecule has 0 aromatic heterocycles. The normalized spacial score (nSPS) is 21.3. The van der Waals surface area contributed by atoms with Gasteiger partial charge in [-0.1, -0.05) is 0 Å². The number of piperidine rings is 1. The van der Waals surface area contributed by atoms with Crippen molar-refractivity contribution < 1.29 is 14.3 Å². The molecule has 2 atom stereocenters. The largest absolute Gasteiger partial charge is 0.466 e. The van der Waals surface area contributed by atoms with Crippen LogP contribution in [0.1, 0.15) is 40.0 Å². The molecule has 0 saturated carbocycles. The van der Waals surface area contributed by atoms with Crippen molar-refractivity contribution in [3.05, 3.63) is 0 Å². The van der Waals surface area contributed by atoms with Crippen LogP contribution < -0.4 is 5.32 Å². The summed E-state index contributed by atoms with van der Waals surface area (Å²) in [6, 6.07) is 0.672. The van der Waals surface area contributed by atoms with Crippen LogP contribution in [0.2, 0.25) is 0 Å². The lowest BCUT2D eigenvalue weighted by Gasteiger charge is -2.28.